The predicted octanol–water partition coefficient (Wildman–Crippen LogP) is 1.65. The summed E-state index contributed by atoms with van der Waals surface area (Å²) in [4.78, 5) is 0. The highest BCUT2D eigenvalue weighted by Crippen LogP contribution is 2.14. The van der Waals surface area contributed by atoms with Gasteiger partial charge in [0.15, 0.2) is 0 Å². The summed E-state index contributed by atoms with van der Waals surface area (Å²) < 4.78 is 0. The van der Waals surface area contributed by atoms with Crippen LogP contribution in [-0.4, -0.2) is 18.3 Å². The molecule has 2 nitrogen and oxygen atoms in total. The van der Waals surface area contributed by atoms with Gasteiger partial charge in [0.25, 0.3) is 0 Å². The molecule has 0 atom stereocenters. The van der Waals surface area contributed by atoms with Gasteiger partial charge in [0, 0.05) is 18.8 Å². The predicted molar refractivity (Wildman–Crippen MR) is 51.4 cm³/mol. The third-order valence-electron chi connectivity index (χ3n) is 1.77. The molecule has 1 aromatic carbocycles. The van der Waals surface area contributed by atoms with E-state index in [4.69, 9.17) is 5.11 Å². The van der Waals surface area contributed by atoms with Crippen LogP contribution >= 0.6 is 0 Å². The van der Waals surface area contributed by atoms with E-state index in [2.05, 4.69) is 12.2 Å². The van der Waals surface area contributed by atoms with Gasteiger partial charge in [-0.1, -0.05) is 18.2 Å². The van der Waals surface area contributed by atoms with Crippen molar-refractivity contribution in [2.75, 3.05) is 18.5 Å². The van der Waals surface area contributed by atoms with E-state index in [-0.39, 0.29) is 6.61 Å². The topological polar surface area (TPSA) is 32.3 Å². The standard InChI is InChI=1S/C10H15NO/c1-2-11-10-6-4-3-5-9(10)7-8-12/h3-6,11-12H,2,7-8H2,1H3. The van der Waals surface area contributed by atoms with Crippen LogP contribution in [0.5, 0.6) is 0 Å². The quantitative estimate of drug-likeness (QED) is 0.711. The number of para-hydroxylation sites is 1. The first-order valence-corrected chi connectivity index (χ1v) is 4.31. The summed E-state index contributed by atoms with van der Waals surface area (Å²) in [5.74, 6) is 0. The fourth-order valence-electron chi connectivity index (χ4n) is 1.22. The van der Waals surface area contributed by atoms with Gasteiger partial charge in [-0.2, -0.15) is 0 Å². The maximum Gasteiger partial charge on any atom is 0.0472 e. The molecule has 0 aliphatic rings. The lowest BCUT2D eigenvalue weighted by Gasteiger charge is -2.08. The molecule has 0 heterocycles. The fourth-order valence-corrected chi connectivity index (χ4v) is 1.22. The SMILES string of the molecule is CCNc1ccccc1CCO. The van der Waals surface area contributed by atoms with Gasteiger partial charge in [0.05, 0.1) is 0 Å². The van der Waals surface area contributed by atoms with Crippen molar-refractivity contribution in [2.24, 2.45) is 0 Å². The Labute approximate surface area is 73.2 Å². The van der Waals surface area contributed by atoms with Crippen LogP contribution in [0.2, 0.25) is 0 Å². The van der Waals surface area contributed by atoms with Gasteiger partial charge in [0.2, 0.25) is 0 Å². The van der Waals surface area contributed by atoms with Gasteiger partial charge in [-0.05, 0) is 25.0 Å². The van der Waals surface area contributed by atoms with Gasteiger partial charge < -0.3 is 10.4 Å². The monoisotopic (exact) mass is 165 g/mol. The normalized spacial score (nSPS) is 9.83. The van der Waals surface area contributed by atoms with Gasteiger partial charge in [0.1, 0.15) is 0 Å². The number of benzene rings is 1. The van der Waals surface area contributed by atoms with Crippen molar-refractivity contribution in [1.29, 1.82) is 0 Å². The van der Waals surface area contributed by atoms with Crippen LogP contribution in [-0.2, 0) is 6.42 Å². The maximum atomic E-state index is 8.78. The Bertz CT molecular complexity index is 210. The van der Waals surface area contributed by atoms with E-state index < -0.39 is 0 Å². The van der Waals surface area contributed by atoms with Crippen molar-refractivity contribution < 1.29 is 5.11 Å². The highest BCUT2D eigenvalue weighted by molar-refractivity contribution is 5.50. The fraction of sp³-hybridized carbons (Fsp3) is 0.400. The number of hydrogen-bond donors (Lipinski definition) is 2. The maximum absolute atomic E-state index is 8.78. The van der Waals surface area contributed by atoms with Crippen molar-refractivity contribution in [3.8, 4) is 0 Å². The van der Waals surface area contributed by atoms with Crippen LogP contribution < -0.4 is 5.32 Å². The molecule has 0 aromatic heterocycles. The van der Waals surface area contributed by atoms with Crippen molar-refractivity contribution in [3.63, 3.8) is 0 Å². The lowest BCUT2D eigenvalue weighted by Crippen LogP contribution is -2.01. The number of rotatable bonds is 4. The molecule has 0 bridgehead atoms. The average Bonchev–Trinajstić information content (AvgIpc) is 2.09. The Morgan fingerprint density at radius 3 is 2.75 bits per heavy atom. The average molecular weight is 165 g/mol. The molecule has 0 fully saturated rings. The van der Waals surface area contributed by atoms with E-state index in [1.54, 1.807) is 0 Å². The first kappa shape index (κ1) is 9.07. The molecule has 0 unspecified atom stereocenters. The Hall–Kier alpha value is -1.02. The van der Waals surface area contributed by atoms with Crippen molar-refractivity contribution >= 4 is 5.69 Å². The van der Waals surface area contributed by atoms with E-state index >= 15 is 0 Å². The lowest BCUT2D eigenvalue weighted by molar-refractivity contribution is 0.300. The number of nitrogens with one attached hydrogen (secondary N) is 1. The Kier molecular flexibility index (Phi) is 3.61. The molecule has 2 N–H and O–H groups in total. The third-order valence-corrected chi connectivity index (χ3v) is 1.77. The molecule has 0 saturated heterocycles. The molecule has 0 spiro atoms. The zero-order valence-electron chi connectivity index (χ0n) is 7.38. The minimum Gasteiger partial charge on any atom is -0.396 e. The van der Waals surface area contributed by atoms with E-state index in [1.165, 1.54) is 5.56 Å². The zero-order chi connectivity index (χ0) is 8.81. The van der Waals surface area contributed by atoms with Gasteiger partial charge in [-0.3, -0.25) is 0 Å². The molecular formula is C10H15NO. The summed E-state index contributed by atoms with van der Waals surface area (Å²) in [6.45, 7) is 3.20. The summed E-state index contributed by atoms with van der Waals surface area (Å²) in [6.07, 6.45) is 0.725. The molecule has 0 amide bonds. The van der Waals surface area contributed by atoms with Crippen LogP contribution in [0.3, 0.4) is 0 Å². The van der Waals surface area contributed by atoms with Gasteiger partial charge in [-0.25, -0.2) is 0 Å². The van der Waals surface area contributed by atoms with Crippen molar-refractivity contribution in [2.45, 2.75) is 13.3 Å². The van der Waals surface area contributed by atoms with Crippen molar-refractivity contribution in [1.82, 2.24) is 0 Å². The molecule has 12 heavy (non-hydrogen) atoms. The first-order chi connectivity index (χ1) is 5.88. The van der Waals surface area contributed by atoms with E-state index in [0.717, 1.165) is 18.7 Å². The molecule has 2 heteroatoms. The number of aliphatic hydroxyl groups is 1. The minimum absolute atomic E-state index is 0.211. The molecule has 0 aliphatic carbocycles. The molecule has 66 valence electrons. The second-order valence-electron chi connectivity index (χ2n) is 2.66. The second kappa shape index (κ2) is 4.78. The Morgan fingerprint density at radius 2 is 2.08 bits per heavy atom. The molecule has 0 radical (unpaired) electrons. The first-order valence-electron chi connectivity index (χ1n) is 4.31. The largest absolute Gasteiger partial charge is 0.396 e. The van der Waals surface area contributed by atoms with Crippen LogP contribution in [0.15, 0.2) is 24.3 Å². The van der Waals surface area contributed by atoms with E-state index in [9.17, 15) is 0 Å². The van der Waals surface area contributed by atoms with Crippen LogP contribution in [0.25, 0.3) is 0 Å². The van der Waals surface area contributed by atoms with Crippen molar-refractivity contribution in [3.05, 3.63) is 29.8 Å². The number of aliphatic hydroxyl groups excluding tert-OH is 1. The summed E-state index contributed by atoms with van der Waals surface area (Å²) >= 11 is 0. The smallest absolute Gasteiger partial charge is 0.0472 e. The highest BCUT2D eigenvalue weighted by atomic mass is 16.2. The molecule has 1 rings (SSSR count). The minimum atomic E-state index is 0.211. The number of hydrogen-bond acceptors (Lipinski definition) is 2. The Morgan fingerprint density at radius 1 is 1.33 bits per heavy atom. The summed E-state index contributed by atoms with van der Waals surface area (Å²) in [7, 11) is 0. The van der Waals surface area contributed by atoms with Crippen LogP contribution in [0.1, 0.15) is 12.5 Å². The van der Waals surface area contributed by atoms with Crippen LogP contribution in [0.4, 0.5) is 5.69 Å². The number of anilines is 1. The second-order valence-corrected chi connectivity index (χ2v) is 2.66. The molecule has 0 saturated carbocycles. The Balaban J connectivity index is 2.77. The summed E-state index contributed by atoms with van der Waals surface area (Å²) in [5.41, 5.74) is 2.32. The van der Waals surface area contributed by atoms with Gasteiger partial charge in [-0.15, -0.1) is 0 Å². The molecule has 1 aromatic rings. The molecular weight excluding hydrogens is 150 g/mol. The summed E-state index contributed by atoms with van der Waals surface area (Å²) in [5, 5.41) is 12.0. The zero-order valence-corrected chi connectivity index (χ0v) is 7.38. The highest BCUT2D eigenvalue weighted by Gasteiger charge is 1.97. The lowest BCUT2D eigenvalue weighted by atomic mass is 10.1. The van der Waals surface area contributed by atoms with Gasteiger partial charge >= 0.3 is 0 Å². The van der Waals surface area contributed by atoms with E-state index in [1.807, 2.05) is 24.3 Å². The summed E-state index contributed by atoms with van der Waals surface area (Å²) in [6, 6.07) is 8.06. The van der Waals surface area contributed by atoms with E-state index in [0.29, 0.717) is 0 Å². The van der Waals surface area contributed by atoms with Crippen LogP contribution in [0, 0.1) is 0 Å². The third kappa shape index (κ3) is 2.24. The molecule has 0 aliphatic heterocycles.